The zero-order valence-corrected chi connectivity index (χ0v) is 6.89. The van der Waals surface area contributed by atoms with E-state index in [2.05, 4.69) is 10.1 Å². The maximum atomic E-state index is 12.3. The van der Waals surface area contributed by atoms with Crippen molar-refractivity contribution in [3.63, 3.8) is 0 Å². The summed E-state index contributed by atoms with van der Waals surface area (Å²) in [5, 5.41) is 3.99. The number of hydrogen-bond acceptors (Lipinski definition) is 2. The molecule has 0 N–H and O–H groups in total. The quantitative estimate of drug-likeness (QED) is 0.699. The van der Waals surface area contributed by atoms with E-state index < -0.39 is 6.67 Å². The van der Waals surface area contributed by atoms with Crippen molar-refractivity contribution in [3.05, 3.63) is 42.4 Å². The molecule has 2 aromatic rings. The maximum Gasteiger partial charge on any atom is 0.153 e. The van der Waals surface area contributed by atoms with Crippen LogP contribution in [0.4, 0.5) is 4.39 Å². The van der Waals surface area contributed by atoms with Crippen molar-refractivity contribution < 1.29 is 4.39 Å². The average molecular weight is 177 g/mol. The second-order valence-corrected chi connectivity index (χ2v) is 2.57. The molecule has 0 bridgehead atoms. The molecule has 0 fully saturated rings. The first-order valence-corrected chi connectivity index (χ1v) is 3.92. The molecule has 0 spiro atoms. The van der Waals surface area contributed by atoms with E-state index in [1.54, 1.807) is 41.3 Å². The predicted octanol–water partition coefficient (Wildman–Crippen LogP) is 1.74. The lowest BCUT2D eigenvalue weighted by Crippen LogP contribution is -1.99. The van der Waals surface area contributed by atoms with Gasteiger partial charge in [0.1, 0.15) is 6.67 Å². The van der Waals surface area contributed by atoms with Gasteiger partial charge in [-0.05, 0) is 18.2 Å². The smallest absolute Gasteiger partial charge is 0.153 e. The third-order valence-electron chi connectivity index (χ3n) is 1.67. The first-order chi connectivity index (χ1) is 6.40. The van der Waals surface area contributed by atoms with Crippen LogP contribution in [0.1, 0.15) is 5.69 Å². The van der Waals surface area contributed by atoms with E-state index in [4.69, 9.17) is 0 Å². The number of aromatic nitrogens is 3. The summed E-state index contributed by atoms with van der Waals surface area (Å²) < 4.78 is 13.9. The second kappa shape index (κ2) is 3.35. The molecular formula is C9H8FN3. The molecule has 66 valence electrons. The van der Waals surface area contributed by atoms with Crippen LogP contribution < -0.4 is 0 Å². The topological polar surface area (TPSA) is 30.7 Å². The van der Waals surface area contributed by atoms with E-state index in [-0.39, 0.29) is 0 Å². The Morgan fingerprint density at radius 2 is 2.23 bits per heavy atom. The number of nitrogens with zero attached hydrogens (tertiary/aromatic N) is 3. The minimum atomic E-state index is -0.547. The van der Waals surface area contributed by atoms with Crippen molar-refractivity contribution in [2.45, 2.75) is 6.67 Å². The molecule has 0 radical (unpaired) electrons. The number of pyridine rings is 1. The summed E-state index contributed by atoms with van der Waals surface area (Å²) in [4.78, 5) is 4.06. The summed E-state index contributed by atoms with van der Waals surface area (Å²) in [6.45, 7) is -0.547. The molecule has 2 aromatic heterocycles. The Labute approximate surface area is 74.8 Å². The van der Waals surface area contributed by atoms with E-state index in [1.807, 2.05) is 0 Å². The standard InChI is InChI=1S/C9H8FN3/c10-7-8-3-1-4-9(12-8)13-6-2-5-11-13/h1-6H,7H2. The van der Waals surface area contributed by atoms with Crippen molar-refractivity contribution in [1.29, 1.82) is 0 Å². The van der Waals surface area contributed by atoms with Gasteiger partial charge in [0.15, 0.2) is 5.82 Å². The molecule has 0 unspecified atom stereocenters. The van der Waals surface area contributed by atoms with Gasteiger partial charge in [-0.3, -0.25) is 0 Å². The highest BCUT2D eigenvalue weighted by Crippen LogP contribution is 2.04. The van der Waals surface area contributed by atoms with Crippen LogP contribution in [0.25, 0.3) is 5.82 Å². The molecule has 0 atom stereocenters. The Morgan fingerprint density at radius 3 is 2.92 bits per heavy atom. The van der Waals surface area contributed by atoms with Gasteiger partial charge >= 0.3 is 0 Å². The third-order valence-corrected chi connectivity index (χ3v) is 1.67. The van der Waals surface area contributed by atoms with Crippen molar-refractivity contribution in [1.82, 2.24) is 14.8 Å². The monoisotopic (exact) mass is 177 g/mol. The fourth-order valence-corrected chi connectivity index (χ4v) is 1.07. The summed E-state index contributed by atoms with van der Waals surface area (Å²) in [7, 11) is 0. The number of rotatable bonds is 2. The van der Waals surface area contributed by atoms with Gasteiger partial charge in [-0.2, -0.15) is 5.10 Å². The Balaban J connectivity index is 2.41. The highest BCUT2D eigenvalue weighted by atomic mass is 19.1. The molecule has 0 aliphatic carbocycles. The lowest BCUT2D eigenvalue weighted by atomic mass is 10.3. The molecule has 4 heteroatoms. The van der Waals surface area contributed by atoms with Gasteiger partial charge in [-0.25, -0.2) is 14.1 Å². The molecule has 13 heavy (non-hydrogen) atoms. The van der Waals surface area contributed by atoms with E-state index in [0.29, 0.717) is 11.5 Å². The van der Waals surface area contributed by atoms with Gasteiger partial charge < -0.3 is 0 Å². The minimum absolute atomic E-state index is 0.424. The van der Waals surface area contributed by atoms with Crippen LogP contribution in [0.3, 0.4) is 0 Å². The highest BCUT2D eigenvalue weighted by molar-refractivity contribution is 5.23. The summed E-state index contributed by atoms with van der Waals surface area (Å²) in [6.07, 6.45) is 3.42. The van der Waals surface area contributed by atoms with Crippen LogP contribution in [0.2, 0.25) is 0 Å². The zero-order chi connectivity index (χ0) is 9.10. The molecule has 0 amide bonds. The largest absolute Gasteiger partial charge is 0.244 e. The number of halogens is 1. The minimum Gasteiger partial charge on any atom is -0.244 e. The summed E-state index contributed by atoms with van der Waals surface area (Å²) in [6, 6.07) is 6.99. The maximum absolute atomic E-state index is 12.3. The van der Waals surface area contributed by atoms with E-state index >= 15 is 0 Å². The van der Waals surface area contributed by atoms with Gasteiger partial charge in [0.2, 0.25) is 0 Å². The third kappa shape index (κ3) is 1.56. The summed E-state index contributed by atoms with van der Waals surface area (Å²) in [5.74, 6) is 0.639. The van der Waals surface area contributed by atoms with Gasteiger partial charge in [-0.1, -0.05) is 6.07 Å². The van der Waals surface area contributed by atoms with Gasteiger partial charge in [0.05, 0.1) is 5.69 Å². The van der Waals surface area contributed by atoms with Crippen LogP contribution >= 0.6 is 0 Å². The molecule has 0 aromatic carbocycles. The van der Waals surface area contributed by atoms with Crippen LogP contribution in [-0.4, -0.2) is 14.8 Å². The molecule has 2 heterocycles. The molecule has 3 nitrogen and oxygen atoms in total. The average Bonchev–Trinajstić information content (AvgIpc) is 2.71. The van der Waals surface area contributed by atoms with Crippen LogP contribution in [-0.2, 0) is 6.67 Å². The second-order valence-electron chi connectivity index (χ2n) is 2.57. The van der Waals surface area contributed by atoms with Crippen molar-refractivity contribution in [2.24, 2.45) is 0 Å². The normalized spacial score (nSPS) is 10.2. The van der Waals surface area contributed by atoms with Crippen LogP contribution in [0, 0.1) is 0 Å². The lowest BCUT2D eigenvalue weighted by molar-refractivity contribution is 0.475. The predicted molar refractivity (Wildman–Crippen MR) is 46.2 cm³/mol. The molecule has 0 aliphatic heterocycles. The molecule has 0 saturated heterocycles. The van der Waals surface area contributed by atoms with Gasteiger partial charge in [0, 0.05) is 12.4 Å². The molecule has 2 rings (SSSR count). The molecule has 0 aliphatic rings. The van der Waals surface area contributed by atoms with Crippen LogP contribution in [0.5, 0.6) is 0 Å². The van der Waals surface area contributed by atoms with E-state index in [9.17, 15) is 4.39 Å². The van der Waals surface area contributed by atoms with E-state index in [1.165, 1.54) is 0 Å². The highest BCUT2D eigenvalue weighted by Gasteiger charge is 1.98. The Hall–Kier alpha value is -1.71. The lowest BCUT2D eigenvalue weighted by Gasteiger charge is -2.00. The Morgan fingerprint density at radius 1 is 1.31 bits per heavy atom. The van der Waals surface area contributed by atoms with Crippen molar-refractivity contribution in [2.75, 3.05) is 0 Å². The number of hydrogen-bond donors (Lipinski definition) is 0. The number of alkyl halides is 1. The summed E-state index contributed by atoms with van der Waals surface area (Å²) in [5.41, 5.74) is 0.424. The Kier molecular flexibility index (Phi) is 2.04. The van der Waals surface area contributed by atoms with E-state index in [0.717, 1.165) is 0 Å². The first kappa shape index (κ1) is 7.91. The molecule has 0 saturated carbocycles. The Bertz CT molecular complexity index is 384. The fourth-order valence-electron chi connectivity index (χ4n) is 1.07. The summed E-state index contributed by atoms with van der Waals surface area (Å²) >= 11 is 0. The molecular weight excluding hydrogens is 169 g/mol. The SMILES string of the molecule is FCc1cccc(-n2cccn2)n1. The van der Waals surface area contributed by atoms with Gasteiger partial charge in [-0.15, -0.1) is 0 Å². The van der Waals surface area contributed by atoms with Crippen molar-refractivity contribution >= 4 is 0 Å². The fraction of sp³-hybridized carbons (Fsp3) is 0.111. The zero-order valence-electron chi connectivity index (χ0n) is 6.89. The van der Waals surface area contributed by atoms with Gasteiger partial charge in [0.25, 0.3) is 0 Å². The first-order valence-electron chi connectivity index (χ1n) is 3.92. The van der Waals surface area contributed by atoms with Crippen LogP contribution in [0.15, 0.2) is 36.7 Å². The van der Waals surface area contributed by atoms with Crippen molar-refractivity contribution in [3.8, 4) is 5.82 Å².